The van der Waals surface area contributed by atoms with Gasteiger partial charge >= 0.3 is 0 Å². The van der Waals surface area contributed by atoms with Crippen molar-refractivity contribution in [2.75, 3.05) is 19.6 Å². The number of rotatable bonds is 6. The van der Waals surface area contributed by atoms with Gasteiger partial charge in [0, 0.05) is 29.7 Å². The molecule has 0 spiro atoms. The Labute approximate surface area is 170 Å². The number of nitrogens with zero attached hydrogens (tertiary/aromatic N) is 2. The van der Waals surface area contributed by atoms with E-state index in [-0.39, 0.29) is 5.25 Å². The van der Waals surface area contributed by atoms with Gasteiger partial charge in [-0.3, -0.25) is 4.98 Å². The Kier molecular flexibility index (Phi) is 5.90. The molecule has 0 unspecified atom stereocenters. The molecule has 4 rings (SSSR count). The number of benzene rings is 1. The smallest absolute Gasteiger partial charge is 0.181 e. The van der Waals surface area contributed by atoms with Gasteiger partial charge in [0.25, 0.3) is 0 Å². The van der Waals surface area contributed by atoms with Crippen LogP contribution in [0.4, 0.5) is 0 Å². The lowest BCUT2D eigenvalue weighted by molar-refractivity contribution is 0.232. The summed E-state index contributed by atoms with van der Waals surface area (Å²) in [6, 6.07) is 17.4. The average molecular weight is 413 g/mol. The van der Waals surface area contributed by atoms with Gasteiger partial charge in [0.1, 0.15) is 0 Å². The highest BCUT2D eigenvalue weighted by Crippen LogP contribution is 2.29. The van der Waals surface area contributed by atoms with E-state index in [2.05, 4.69) is 16.0 Å². The number of hydrogen-bond donors (Lipinski definition) is 0. The van der Waals surface area contributed by atoms with Gasteiger partial charge in [0.2, 0.25) is 0 Å². The number of pyridine rings is 1. The zero-order chi connectivity index (χ0) is 19.4. The van der Waals surface area contributed by atoms with Crippen molar-refractivity contribution < 1.29 is 8.42 Å². The molecule has 0 aliphatic carbocycles. The van der Waals surface area contributed by atoms with Crippen LogP contribution in [0.25, 0.3) is 10.4 Å². The third-order valence-electron chi connectivity index (χ3n) is 5.37. The van der Waals surface area contributed by atoms with Crippen LogP contribution in [0, 0.1) is 0 Å². The van der Waals surface area contributed by atoms with Crippen LogP contribution < -0.4 is 0 Å². The molecule has 28 heavy (non-hydrogen) atoms. The lowest BCUT2D eigenvalue weighted by Crippen LogP contribution is -2.40. The van der Waals surface area contributed by atoms with E-state index in [0.29, 0.717) is 17.7 Å². The van der Waals surface area contributed by atoms with E-state index in [4.69, 9.17) is 0 Å². The predicted molar refractivity (Wildman–Crippen MR) is 114 cm³/mol. The minimum atomic E-state index is -3.27. The Balaban J connectivity index is 1.35. The van der Waals surface area contributed by atoms with E-state index in [9.17, 15) is 8.42 Å². The summed E-state index contributed by atoms with van der Waals surface area (Å²) in [6.45, 7) is 2.58. The maximum Gasteiger partial charge on any atom is 0.181 e. The summed E-state index contributed by atoms with van der Waals surface area (Å²) in [5.74, 6) is 0. The summed E-state index contributed by atoms with van der Waals surface area (Å²) in [6.07, 6.45) is 4.11. The molecule has 6 heteroatoms. The second-order valence-corrected chi connectivity index (χ2v) is 10.3. The molecule has 3 aromatic rings. The lowest BCUT2D eigenvalue weighted by Gasteiger charge is -2.31. The summed E-state index contributed by atoms with van der Waals surface area (Å²) in [7, 11) is -3.27. The zero-order valence-electron chi connectivity index (χ0n) is 15.7. The standard InChI is InChI=1S/C22H24N2O2S2/c25-28(26,20-8-6-18(7-9-20)22-5-3-17-27-22)21-11-15-24(16-12-21)14-10-19-4-1-2-13-23-19/h1-9,13,17,21H,10-12,14-16H2. The highest BCUT2D eigenvalue weighted by atomic mass is 32.2. The summed E-state index contributed by atoms with van der Waals surface area (Å²) in [5, 5.41) is 1.74. The van der Waals surface area contributed by atoms with Crippen molar-refractivity contribution >= 4 is 21.2 Å². The fraction of sp³-hybridized carbons (Fsp3) is 0.318. The number of likely N-dealkylation sites (tertiary alicyclic amines) is 1. The van der Waals surface area contributed by atoms with Crippen LogP contribution in [-0.4, -0.2) is 43.2 Å². The second kappa shape index (κ2) is 8.55. The zero-order valence-corrected chi connectivity index (χ0v) is 17.3. The predicted octanol–water partition coefficient (Wildman–Crippen LogP) is 4.29. The van der Waals surface area contributed by atoms with Crippen molar-refractivity contribution in [2.45, 2.75) is 29.4 Å². The van der Waals surface area contributed by atoms with Crippen molar-refractivity contribution in [1.29, 1.82) is 0 Å². The number of sulfone groups is 1. The summed E-state index contributed by atoms with van der Waals surface area (Å²) >= 11 is 1.66. The van der Waals surface area contributed by atoms with Crippen molar-refractivity contribution in [3.8, 4) is 10.4 Å². The first-order valence-corrected chi connectivity index (χ1v) is 12.1. The first kappa shape index (κ1) is 19.3. The van der Waals surface area contributed by atoms with E-state index < -0.39 is 9.84 Å². The largest absolute Gasteiger partial charge is 0.303 e. The maximum atomic E-state index is 13.0. The van der Waals surface area contributed by atoms with Gasteiger partial charge in [-0.2, -0.15) is 0 Å². The molecule has 0 atom stereocenters. The van der Waals surface area contributed by atoms with E-state index >= 15 is 0 Å². The first-order valence-electron chi connectivity index (χ1n) is 9.63. The molecular formula is C22H24N2O2S2. The molecule has 3 heterocycles. The van der Waals surface area contributed by atoms with E-state index in [1.54, 1.807) is 23.5 Å². The minimum Gasteiger partial charge on any atom is -0.303 e. The molecule has 1 saturated heterocycles. The quantitative estimate of drug-likeness (QED) is 0.606. The summed E-state index contributed by atoms with van der Waals surface area (Å²) in [4.78, 5) is 8.31. The second-order valence-electron chi connectivity index (χ2n) is 7.16. The third-order valence-corrected chi connectivity index (χ3v) is 8.57. The fourth-order valence-corrected chi connectivity index (χ4v) is 6.17. The van der Waals surface area contributed by atoms with Crippen LogP contribution in [-0.2, 0) is 16.3 Å². The normalized spacial score (nSPS) is 16.3. The van der Waals surface area contributed by atoms with E-state index in [1.807, 2.05) is 48.0 Å². The first-order chi connectivity index (χ1) is 13.6. The molecule has 0 N–H and O–H groups in total. The molecule has 1 aliphatic rings. The van der Waals surface area contributed by atoms with Crippen LogP contribution in [0.3, 0.4) is 0 Å². The van der Waals surface area contributed by atoms with E-state index in [0.717, 1.165) is 42.2 Å². The number of thiophene rings is 1. The number of hydrogen-bond acceptors (Lipinski definition) is 5. The molecule has 1 fully saturated rings. The topological polar surface area (TPSA) is 50.3 Å². The van der Waals surface area contributed by atoms with Gasteiger partial charge in [-0.25, -0.2) is 8.42 Å². The molecule has 0 bridgehead atoms. The Morgan fingerprint density at radius 2 is 1.79 bits per heavy atom. The molecule has 146 valence electrons. The van der Waals surface area contributed by atoms with Crippen LogP contribution in [0.1, 0.15) is 18.5 Å². The lowest BCUT2D eigenvalue weighted by atomic mass is 10.1. The fourth-order valence-electron chi connectivity index (χ4n) is 3.71. The Morgan fingerprint density at radius 3 is 2.43 bits per heavy atom. The van der Waals surface area contributed by atoms with Crippen molar-refractivity contribution in [3.05, 3.63) is 71.9 Å². The maximum absolute atomic E-state index is 13.0. The molecule has 4 nitrogen and oxygen atoms in total. The SMILES string of the molecule is O=S(=O)(c1ccc(-c2cccs2)cc1)C1CCN(CCc2ccccn2)CC1. The van der Waals surface area contributed by atoms with Gasteiger partial charge in [0.05, 0.1) is 10.1 Å². The number of piperidine rings is 1. The summed E-state index contributed by atoms with van der Waals surface area (Å²) < 4.78 is 26.1. The van der Waals surface area contributed by atoms with E-state index in [1.165, 1.54) is 0 Å². The van der Waals surface area contributed by atoms with Crippen LogP contribution in [0.15, 0.2) is 71.1 Å². The number of aromatic nitrogens is 1. The van der Waals surface area contributed by atoms with Gasteiger partial charge < -0.3 is 4.90 Å². The molecule has 2 aromatic heterocycles. The molecule has 1 aliphatic heterocycles. The highest BCUT2D eigenvalue weighted by Gasteiger charge is 2.31. The van der Waals surface area contributed by atoms with Crippen LogP contribution >= 0.6 is 11.3 Å². The molecule has 0 saturated carbocycles. The van der Waals surface area contributed by atoms with Crippen molar-refractivity contribution in [2.24, 2.45) is 0 Å². The van der Waals surface area contributed by atoms with Gasteiger partial charge in [-0.15, -0.1) is 11.3 Å². The van der Waals surface area contributed by atoms with Crippen molar-refractivity contribution in [3.63, 3.8) is 0 Å². The monoisotopic (exact) mass is 412 g/mol. The Hall–Kier alpha value is -2.02. The highest BCUT2D eigenvalue weighted by molar-refractivity contribution is 7.92. The van der Waals surface area contributed by atoms with Crippen molar-refractivity contribution in [1.82, 2.24) is 9.88 Å². The summed E-state index contributed by atoms with van der Waals surface area (Å²) in [5.41, 5.74) is 2.15. The van der Waals surface area contributed by atoms with Crippen LogP contribution in [0.2, 0.25) is 0 Å². The Bertz CT molecular complexity index is 977. The van der Waals surface area contributed by atoms with Gasteiger partial charge in [-0.1, -0.05) is 24.3 Å². The van der Waals surface area contributed by atoms with Crippen LogP contribution in [0.5, 0.6) is 0 Å². The molecule has 0 radical (unpaired) electrons. The molecule has 1 aromatic carbocycles. The third kappa shape index (κ3) is 4.35. The Morgan fingerprint density at radius 1 is 1.00 bits per heavy atom. The van der Waals surface area contributed by atoms with Gasteiger partial charge in [-0.05, 0) is 67.2 Å². The minimum absolute atomic E-state index is 0.286. The van der Waals surface area contributed by atoms with Gasteiger partial charge in [0.15, 0.2) is 9.84 Å². The average Bonchev–Trinajstić information content (AvgIpc) is 3.28. The molecule has 0 amide bonds. The molecular weight excluding hydrogens is 388 g/mol.